The number of carbonyl (C=O) groups is 1. The van der Waals surface area contributed by atoms with Gasteiger partial charge in [0, 0.05) is 38.6 Å². The zero-order valence-corrected chi connectivity index (χ0v) is 13.9. The molecule has 1 aliphatic heterocycles. The summed E-state index contributed by atoms with van der Waals surface area (Å²) in [5.74, 6) is 0.285. The summed E-state index contributed by atoms with van der Waals surface area (Å²) in [6.45, 7) is 3.44. The first-order chi connectivity index (χ1) is 11.2. The molecule has 1 aromatic carbocycles. The van der Waals surface area contributed by atoms with E-state index < -0.39 is 0 Å². The van der Waals surface area contributed by atoms with Gasteiger partial charge >= 0.3 is 0 Å². The first-order valence-corrected chi connectivity index (χ1v) is 8.98. The Kier molecular flexibility index (Phi) is 5.68. The lowest BCUT2D eigenvalue weighted by Crippen LogP contribution is -2.53. The molecule has 126 valence electrons. The molecule has 2 fully saturated rings. The molecule has 4 nitrogen and oxygen atoms in total. The van der Waals surface area contributed by atoms with E-state index in [9.17, 15) is 9.90 Å². The summed E-state index contributed by atoms with van der Waals surface area (Å²) in [5, 5.41) is 10.0. The van der Waals surface area contributed by atoms with Crippen LogP contribution in [0.5, 0.6) is 0 Å². The lowest BCUT2D eigenvalue weighted by atomic mass is 10.1. The Morgan fingerprint density at radius 2 is 1.83 bits per heavy atom. The SMILES string of the molecule is O=C(CCCc1ccccc1)N1CCN([C@H]2CCC[C@H]2O)CC1. The first kappa shape index (κ1) is 16.5. The molecular weight excluding hydrogens is 288 g/mol. The Labute approximate surface area is 139 Å². The van der Waals surface area contributed by atoms with Gasteiger partial charge in [-0.3, -0.25) is 9.69 Å². The smallest absolute Gasteiger partial charge is 0.222 e. The van der Waals surface area contributed by atoms with Gasteiger partial charge in [0.2, 0.25) is 5.91 Å². The van der Waals surface area contributed by atoms with Crippen molar-refractivity contribution in [2.24, 2.45) is 0 Å². The van der Waals surface area contributed by atoms with Crippen molar-refractivity contribution >= 4 is 5.91 Å². The number of piperazine rings is 1. The predicted molar refractivity (Wildman–Crippen MR) is 91.2 cm³/mol. The van der Waals surface area contributed by atoms with E-state index >= 15 is 0 Å². The topological polar surface area (TPSA) is 43.8 Å². The molecule has 4 heteroatoms. The summed E-state index contributed by atoms with van der Waals surface area (Å²) < 4.78 is 0. The number of aryl methyl sites for hydroxylation is 1. The molecule has 0 bridgehead atoms. The van der Waals surface area contributed by atoms with Crippen molar-refractivity contribution in [2.45, 2.75) is 50.7 Å². The number of aliphatic hydroxyl groups excluding tert-OH is 1. The van der Waals surface area contributed by atoms with Crippen molar-refractivity contribution in [1.82, 2.24) is 9.80 Å². The van der Waals surface area contributed by atoms with E-state index in [1.54, 1.807) is 0 Å². The van der Waals surface area contributed by atoms with Gasteiger partial charge in [-0.05, 0) is 37.7 Å². The molecule has 1 saturated carbocycles. The number of nitrogens with zero attached hydrogens (tertiary/aromatic N) is 2. The third kappa shape index (κ3) is 4.33. The van der Waals surface area contributed by atoms with E-state index in [4.69, 9.17) is 0 Å². The molecule has 1 heterocycles. The predicted octanol–water partition coefficient (Wildman–Crippen LogP) is 2.07. The first-order valence-electron chi connectivity index (χ1n) is 8.98. The average molecular weight is 316 g/mol. The molecule has 0 radical (unpaired) electrons. The molecule has 1 saturated heterocycles. The highest BCUT2D eigenvalue weighted by molar-refractivity contribution is 5.76. The van der Waals surface area contributed by atoms with Crippen molar-refractivity contribution in [3.63, 3.8) is 0 Å². The Morgan fingerprint density at radius 3 is 2.48 bits per heavy atom. The van der Waals surface area contributed by atoms with Crippen LogP contribution in [0.3, 0.4) is 0 Å². The highest BCUT2D eigenvalue weighted by Gasteiger charge is 2.33. The van der Waals surface area contributed by atoms with E-state index in [2.05, 4.69) is 17.0 Å². The van der Waals surface area contributed by atoms with Gasteiger partial charge in [-0.2, -0.15) is 0 Å². The number of carbonyl (C=O) groups excluding carboxylic acids is 1. The second-order valence-corrected chi connectivity index (χ2v) is 6.82. The molecule has 1 N–H and O–H groups in total. The maximum atomic E-state index is 12.3. The lowest BCUT2D eigenvalue weighted by Gasteiger charge is -2.39. The van der Waals surface area contributed by atoms with E-state index in [0.29, 0.717) is 12.5 Å². The van der Waals surface area contributed by atoms with Crippen molar-refractivity contribution in [1.29, 1.82) is 0 Å². The summed E-state index contributed by atoms with van der Waals surface area (Å²) in [6, 6.07) is 10.7. The van der Waals surface area contributed by atoms with Crippen LogP contribution in [0.15, 0.2) is 30.3 Å². The van der Waals surface area contributed by atoms with Crippen LogP contribution < -0.4 is 0 Å². The van der Waals surface area contributed by atoms with Crippen LogP contribution in [0, 0.1) is 0 Å². The molecule has 2 atom stereocenters. The minimum absolute atomic E-state index is 0.164. The molecule has 0 aromatic heterocycles. The highest BCUT2D eigenvalue weighted by atomic mass is 16.3. The Morgan fingerprint density at radius 1 is 1.09 bits per heavy atom. The van der Waals surface area contributed by atoms with E-state index in [1.807, 2.05) is 23.1 Å². The number of benzene rings is 1. The zero-order valence-electron chi connectivity index (χ0n) is 13.9. The van der Waals surface area contributed by atoms with Gasteiger partial charge < -0.3 is 10.0 Å². The molecular formula is C19H28N2O2. The minimum atomic E-state index is -0.164. The fourth-order valence-electron chi connectivity index (χ4n) is 3.90. The maximum absolute atomic E-state index is 12.3. The molecule has 3 rings (SSSR count). The molecule has 1 aromatic rings. The third-order valence-corrected chi connectivity index (χ3v) is 5.28. The van der Waals surface area contributed by atoms with Crippen LogP contribution in [0.4, 0.5) is 0 Å². The minimum Gasteiger partial charge on any atom is -0.391 e. The Bertz CT molecular complexity index is 497. The van der Waals surface area contributed by atoms with E-state index in [0.717, 1.165) is 58.3 Å². The van der Waals surface area contributed by atoms with Gasteiger partial charge in [-0.25, -0.2) is 0 Å². The molecule has 0 spiro atoms. The largest absolute Gasteiger partial charge is 0.391 e. The van der Waals surface area contributed by atoms with Gasteiger partial charge in [-0.1, -0.05) is 30.3 Å². The van der Waals surface area contributed by atoms with Crippen LogP contribution in [-0.4, -0.2) is 59.1 Å². The number of rotatable bonds is 5. The van der Waals surface area contributed by atoms with Crippen molar-refractivity contribution in [2.75, 3.05) is 26.2 Å². The normalized spacial score (nSPS) is 25.7. The molecule has 2 aliphatic rings. The standard InChI is InChI=1S/C19H28N2O2/c22-18-10-5-9-17(18)20-12-14-21(15-13-20)19(23)11-4-8-16-6-2-1-3-7-16/h1-3,6-7,17-18,22H,4-5,8-15H2/t17-,18+/m0/s1. The summed E-state index contributed by atoms with van der Waals surface area (Å²) in [7, 11) is 0. The summed E-state index contributed by atoms with van der Waals surface area (Å²) in [4.78, 5) is 16.7. The fraction of sp³-hybridized carbons (Fsp3) is 0.632. The summed E-state index contributed by atoms with van der Waals surface area (Å²) >= 11 is 0. The third-order valence-electron chi connectivity index (χ3n) is 5.28. The van der Waals surface area contributed by atoms with Crippen molar-refractivity contribution < 1.29 is 9.90 Å². The maximum Gasteiger partial charge on any atom is 0.222 e. The van der Waals surface area contributed by atoms with Gasteiger partial charge in [-0.15, -0.1) is 0 Å². The number of aliphatic hydroxyl groups is 1. The Hall–Kier alpha value is -1.39. The monoisotopic (exact) mass is 316 g/mol. The summed E-state index contributed by atoms with van der Waals surface area (Å²) in [5.41, 5.74) is 1.31. The second-order valence-electron chi connectivity index (χ2n) is 6.82. The average Bonchev–Trinajstić information content (AvgIpc) is 3.02. The van der Waals surface area contributed by atoms with Gasteiger partial charge in [0.1, 0.15) is 0 Å². The molecule has 23 heavy (non-hydrogen) atoms. The van der Waals surface area contributed by atoms with Crippen LogP contribution in [-0.2, 0) is 11.2 Å². The van der Waals surface area contributed by atoms with E-state index in [-0.39, 0.29) is 12.0 Å². The second kappa shape index (κ2) is 7.93. The van der Waals surface area contributed by atoms with Crippen molar-refractivity contribution in [3.05, 3.63) is 35.9 Å². The molecule has 0 unspecified atom stereocenters. The quantitative estimate of drug-likeness (QED) is 0.904. The van der Waals surface area contributed by atoms with Crippen molar-refractivity contribution in [3.8, 4) is 0 Å². The van der Waals surface area contributed by atoms with Crippen LogP contribution in [0.1, 0.15) is 37.7 Å². The Balaban J connectivity index is 1.38. The zero-order chi connectivity index (χ0) is 16.1. The summed E-state index contributed by atoms with van der Waals surface area (Å²) in [6.07, 6.45) is 5.54. The van der Waals surface area contributed by atoms with Crippen LogP contribution in [0.25, 0.3) is 0 Å². The van der Waals surface area contributed by atoms with Gasteiger partial charge in [0.25, 0.3) is 0 Å². The van der Waals surface area contributed by atoms with Crippen LogP contribution >= 0.6 is 0 Å². The number of amides is 1. The fourth-order valence-corrected chi connectivity index (χ4v) is 3.90. The highest BCUT2D eigenvalue weighted by Crippen LogP contribution is 2.25. The van der Waals surface area contributed by atoms with E-state index in [1.165, 1.54) is 5.56 Å². The number of hydrogen-bond acceptors (Lipinski definition) is 3. The molecule has 1 amide bonds. The molecule has 1 aliphatic carbocycles. The lowest BCUT2D eigenvalue weighted by molar-refractivity contribution is -0.133. The van der Waals surface area contributed by atoms with Gasteiger partial charge in [0.15, 0.2) is 0 Å². The van der Waals surface area contributed by atoms with Crippen LogP contribution in [0.2, 0.25) is 0 Å². The number of hydrogen-bond donors (Lipinski definition) is 1. The van der Waals surface area contributed by atoms with Gasteiger partial charge in [0.05, 0.1) is 6.10 Å².